The van der Waals surface area contributed by atoms with Crippen molar-refractivity contribution in [3.05, 3.63) is 59.2 Å². The minimum atomic E-state index is -4.56. The number of amides is 1. The Bertz CT molecular complexity index is 1700. The third-order valence-electron chi connectivity index (χ3n) is 16.8. The van der Waals surface area contributed by atoms with Crippen LogP contribution in [0.25, 0.3) is 0 Å². The minimum absolute atomic E-state index is 0.0215. The molecule has 1 N–H and O–H groups in total. The number of fused-ring (bicyclic) bond motifs is 4. The van der Waals surface area contributed by atoms with E-state index >= 15 is 0 Å². The fourth-order valence-electron chi connectivity index (χ4n) is 14.0. The average Bonchev–Trinajstić information content (AvgIpc) is 3.54. The van der Waals surface area contributed by atoms with Crippen LogP contribution in [0.2, 0.25) is 0 Å². The molecule has 9 aliphatic carbocycles. The van der Waals surface area contributed by atoms with Gasteiger partial charge in [0.25, 0.3) is 0 Å². The van der Waals surface area contributed by atoms with Gasteiger partial charge < -0.3 is 14.7 Å². The van der Waals surface area contributed by atoms with Gasteiger partial charge in [0.1, 0.15) is 5.60 Å². The molecule has 0 aromatic heterocycles. The largest absolute Gasteiger partial charge is 0.440 e. The van der Waals surface area contributed by atoms with E-state index in [-0.39, 0.29) is 34.7 Å². The Hall–Kier alpha value is -2.61. The third kappa shape index (κ3) is 3.93. The number of aliphatic hydroxyl groups is 1. The minimum Gasteiger partial charge on any atom is -0.440 e. The molecule has 264 valence electrons. The fraction of sp³-hybridized carbons (Fsp3) is 0.707. The topological polar surface area (TPSA) is 66.8 Å². The summed E-state index contributed by atoms with van der Waals surface area (Å²) in [6.07, 6.45) is 10.1. The van der Waals surface area contributed by atoms with Crippen LogP contribution in [0.1, 0.15) is 108 Å². The Morgan fingerprint density at radius 3 is 2.45 bits per heavy atom. The number of Topliss-reactive ketones (excluding diaryl/α,β-unsaturated/α-hetero) is 1. The fourth-order valence-corrected chi connectivity index (χ4v) is 14.0. The Labute approximate surface area is 287 Å². The highest BCUT2D eigenvalue weighted by Crippen LogP contribution is 2.79. The summed E-state index contributed by atoms with van der Waals surface area (Å²) in [6.45, 7) is 10.7. The van der Waals surface area contributed by atoms with E-state index in [2.05, 4.69) is 45.9 Å². The van der Waals surface area contributed by atoms with Crippen LogP contribution < -0.4 is 0 Å². The highest BCUT2D eigenvalue weighted by Gasteiger charge is 2.76. The third-order valence-corrected chi connectivity index (χ3v) is 16.8. The molecule has 11 rings (SSSR count). The Morgan fingerprint density at radius 2 is 1.71 bits per heavy atom. The second-order valence-electron chi connectivity index (χ2n) is 18.6. The van der Waals surface area contributed by atoms with Gasteiger partial charge in [-0.25, -0.2) is 4.79 Å². The normalized spacial score (nSPS) is 47.2. The van der Waals surface area contributed by atoms with Crippen molar-refractivity contribution in [1.29, 1.82) is 0 Å². The van der Waals surface area contributed by atoms with E-state index in [0.29, 0.717) is 48.6 Å². The molecule has 7 fully saturated rings. The van der Waals surface area contributed by atoms with Crippen molar-refractivity contribution >= 4 is 11.9 Å². The first-order chi connectivity index (χ1) is 23.0. The first-order valence-corrected chi connectivity index (χ1v) is 18.8. The van der Waals surface area contributed by atoms with Gasteiger partial charge in [-0.15, -0.1) is 0 Å². The Kier molecular flexibility index (Phi) is 6.48. The highest BCUT2D eigenvalue weighted by molar-refractivity contribution is 6.10. The van der Waals surface area contributed by atoms with E-state index in [1.54, 1.807) is 0 Å². The number of benzene rings is 1. The van der Waals surface area contributed by atoms with Crippen molar-refractivity contribution < 1.29 is 32.6 Å². The zero-order chi connectivity index (χ0) is 34.6. The van der Waals surface area contributed by atoms with Crippen molar-refractivity contribution in [2.45, 2.75) is 110 Å². The molecule has 5 nitrogen and oxygen atoms in total. The predicted octanol–water partition coefficient (Wildman–Crippen LogP) is 9.01. The number of hydrogen-bond donors (Lipinski definition) is 1. The molecule has 11 atom stereocenters. The van der Waals surface area contributed by atoms with E-state index in [4.69, 9.17) is 4.74 Å². The van der Waals surface area contributed by atoms with Gasteiger partial charge in [-0.1, -0.05) is 58.1 Å². The lowest BCUT2D eigenvalue weighted by molar-refractivity contribution is -0.164. The summed E-state index contributed by atoms with van der Waals surface area (Å²) in [7, 11) is 0. The van der Waals surface area contributed by atoms with Crippen LogP contribution in [0.5, 0.6) is 0 Å². The summed E-state index contributed by atoms with van der Waals surface area (Å²) in [5.41, 5.74) is -2.40. The number of halogens is 3. The summed E-state index contributed by atoms with van der Waals surface area (Å²) in [6, 6.07) is 4.85. The number of allylic oxidation sites excluding steroid dienone is 4. The van der Waals surface area contributed by atoms with Crippen LogP contribution in [-0.2, 0) is 10.9 Å². The number of ether oxygens (including phenoxy) is 1. The quantitative estimate of drug-likeness (QED) is 0.255. The van der Waals surface area contributed by atoms with Crippen molar-refractivity contribution in [3.63, 3.8) is 0 Å². The smallest absolute Gasteiger partial charge is 0.416 e. The Morgan fingerprint density at radius 1 is 0.980 bits per heavy atom. The first kappa shape index (κ1) is 32.3. The monoisotopic (exact) mass is 677 g/mol. The zero-order valence-corrected chi connectivity index (χ0v) is 29.2. The zero-order valence-electron chi connectivity index (χ0n) is 29.2. The van der Waals surface area contributed by atoms with Gasteiger partial charge in [0, 0.05) is 33.9 Å². The number of alkyl halides is 3. The van der Waals surface area contributed by atoms with Gasteiger partial charge in [0.2, 0.25) is 0 Å². The maximum Gasteiger partial charge on any atom is 0.416 e. The van der Waals surface area contributed by atoms with Gasteiger partial charge in [-0.05, 0) is 117 Å². The molecule has 0 radical (unpaired) electrons. The lowest BCUT2D eigenvalue weighted by Gasteiger charge is -2.71. The van der Waals surface area contributed by atoms with Crippen LogP contribution in [0.15, 0.2) is 48.1 Å². The number of hydrogen-bond acceptors (Lipinski definition) is 4. The van der Waals surface area contributed by atoms with E-state index in [0.717, 1.165) is 56.7 Å². The van der Waals surface area contributed by atoms with Crippen LogP contribution in [0.3, 0.4) is 0 Å². The number of aliphatic hydroxyl groups excluding tert-OH is 1. The van der Waals surface area contributed by atoms with Crippen molar-refractivity contribution in [2.24, 2.45) is 56.7 Å². The molecule has 1 heterocycles. The molecule has 0 unspecified atom stereocenters. The second-order valence-corrected chi connectivity index (χ2v) is 18.6. The molecule has 6 saturated carbocycles. The van der Waals surface area contributed by atoms with Crippen LogP contribution in [0.4, 0.5) is 18.0 Å². The lowest BCUT2D eigenvalue weighted by atomic mass is 9.32. The van der Waals surface area contributed by atoms with Gasteiger partial charge >= 0.3 is 12.3 Å². The Balaban J connectivity index is 1.10. The van der Waals surface area contributed by atoms with Crippen molar-refractivity contribution in [3.8, 4) is 0 Å². The number of nitrogens with zero attached hydrogens (tertiary/aromatic N) is 1. The standard InChI is InChI=1S/C41H50F3NO4/c1-35(2)26-9-8-25(29(35)19-26)22-45-23-39(49-34(45)48)15-12-32-37(39,4)14-11-31-36(3)13-10-28(46)20-38(36)16-17-40(31,32)30(21-38)33(47)24-6-5-7-27(18-24)41(42,43)44/h5-7,16-18,21,25-26,28-29,31-32,46H,8-15,19-20,22-23H2,1-4H3/t25-,26-,28-,29-,31+,32+,36+,37-,38-,39+,40+/m0/s1. The maximum absolute atomic E-state index is 14.8. The van der Waals surface area contributed by atoms with E-state index in [1.807, 2.05) is 4.90 Å². The van der Waals surface area contributed by atoms with Gasteiger partial charge in [-0.2, -0.15) is 13.2 Å². The van der Waals surface area contributed by atoms with Crippen molar-refractivity contribution in [2.75, 3.05) is 13.1 Å². The molecular weight excluding hydrogens is 627 g/mol. The molecule has 1 saturated heterocycles. The van der Waals surface area contributed by atoms with Gasteiger partial charge in [0.15, 0.2) is 5.78 Å². The van der Waals surface area contributed by atoms with E-state index < -0.39 is 39.7 Å². The molecule has 49 heavy (non-hydrogen) atoms. The van der Waals surface area contributed by atoms with Crippen LogP contribution in [0, 0.1) is 56.7 Å². The molecule has 10 aliphatic rings. The average molecular weight is 678 g/mol. The summed E-state index contributed by atoms with van der Waals surface area (Å²) < 4.78 is 48.2. The highest BCUT2D eigenvalue weighted by atomic mass is 19.4. The maximum atomic E-state index is 14.8. The molecule has 1 aromatic carbocycles. The SMILES string of the molecule is CC1(C)[C@H]2CC[C@@H](CN3C[C@@]4(CC[C@H]5[C@]67C=C[C@@]8(C=C6C(=O)c6cccc(C(F)(F)F)c6)C[C@@H](O)CC[C@]8(C)[C@H]7CC[C@@]54C)OC3=O)[C@@H]1C2. The predicted molar refractivity (Wildman–Crippen MR) is 178 cm³/mol. The molecule has 3 spiro atoms. The van der Waals surface area contributed by atoms with Gasteiger partial charge in [-0.3, -0.25) is 4.79 Å². The van der Waals surface area contributed by atoms with E-state index in [9.17, 15) is 27.9 Å². The molecule has 1 aliphatic heterocycles. The molecule has 8 heteroatoms. The summed E-state index contributed by atoms with van der Waals surface area (Å²) in [5.74, 6) is 1.63. The summed E-state index contributed by atoms with van der Waals surface area (Å²) in [5, 5.41) is 11.0. The first-order valence-electron chi connectivity index (χ1n) is 18.8. The number of rotatable bonds is 4. The van der Waals surface area contributed by atoms with Crippen LogP contribution >= 0.6 is 0 Å². The molecule has 4 bridgehead atoms. The molecular formula is C41H50F3NO4. The van der Waals surface area contributed by atoms with Crippen LogP contribution in [-0.4, -0.2) is 46.7 Å². The second kappa shape index (κ2) is 9.83. The lowest BCUT2D eigenvalue weighted by Crippen LogP contribution is -2.67. The number of carbonyl (C=O) groups excluding carboxylic acids is 2. The summed E-state index contributed by atoms with van der Waals surface area (Å²) in [4.78, 5) is 30.6. The molecule has 1 amide bonds. The number of carbonyl (C=O) groups is 2. The van der Waals surface area contributed by atoms with Gasteiger partial charge in [0.05, 0.1) is 18.2 Å². The van der Waals surface area contributed by atoms with Crippen molar-refractivity contribution in [1.82, 2.24) is 4.90 Å². The molecule has 1 aromatic rings. The number of ketones is 1. The van der Waals surface area contributed by atoms with E-state index in [1.165, 1.54) is 25.0 Å². The summed E-state index contributed by atoms with van der Waals surface area (Å²) >= 11 is 0.